The average Bonchev–Trinajstić information content (AvgIpc) is 2.94. The van der Waals surface area contributed by atoms with Gasteiger partial charge in [0, 0.05) is 5.69 Å². The first-order chi connectivity index (χ1) is 13.7. The summed E-state index contributed by atoms with van der Waals surface area (Å²) < 4.78 is 5.28. The average molecular weight is 400 g/mol. The summed E-state index contributed by atoms with van der Waals surface area (Å²) in [5.41, 5.74) is 2.54. The molecule has 3 amide bonds. The lowest BCUT2D eigenvalue weighted by Crippen LogP contribution is -2.46. The van der Waals surface area contributed by atoms with Gasteiger partial charge in [-0.3, -0.25) is 19.3 Å². The lowest BCUT2D eigenvalue weighted by atomic mass is 9.81. The number of likely N-dealkylation sites (tertiary alicyclic amines) is 1. The van der Waals surface area contributed by atoms with Crippen molar-refractivity contribution in [1.29, 1.82) is 0 Å². The van der Waals surface area contributed by atoms with E-state index in [1.165, 1.54) is 13.8 Å². The zero-order valence-electron chi connectivity index (χ0n) is 17.4. The second kappa shape index (κ2) is 8.35. The molecule has 7 nitrogen and oxygen atoms in total. The van der Waals surface area contributed by atoms with Gasteiger partial charge in [0.2, 0.25) is 11.8 Å². The number of nitrogens with one attached hydrogen (secondary N) is 1. The fourth-order valence-corrected chi connectivity index (χ4v) is 4.11. The number of carbonyl (C=O) groups excluding carboxylic acids is 4. The van der Waals surface area contributed by atoms with Crippen LogP contribution in [0.15, 0.2) is 18.2 Å². The number of aryl methyl sites for hydroxylation is 2. The Morgan fingerprint density at radius 1 is 1.07 bits per heavy atom. The van der Waals surface area contributed by atoms with Crippen molar-refractivity contribution in [2.45, 2.75) is 65.5 Å². The molecule has 0 bridgehead atoms. The predicted molar refractivity (Wildman–Crippen MR) is 107 cm³/mol. The van der Waals surface area contributed by atoms with Crippen LogP contribution in [0.2, 0.25) is 0 Å². The molecule has 1 saturated heterocycles. The molecule has 0 spiro atoms. The van der Waals surface area contributed by atoms with Gasteiger partial charge in [-0.05, 0) is 57.7 Å². The van der Waals surface area contributed by atoms with Crippen LogP contribution < -0.4 is 5.32 Å². The number of hydrogen-bond donors (Lipinski definition) is 1. The molecule has 1 aromatic carbocycles. The predicted octanol–water partition coefficient (Wildman–Crippen LogP) is 2.74. The van der Waals surface area contributed by atoms with Crippen LogP contribution in [0.3, 0.4) is 0 Å². The number of rotatable bonds is 5. The molecule has 1 N–H and O–H groups in total. The van der Waals surface area contributed by atoms with E-state index in [-0.39, 0.29) is 23.7 Å². The normalized spacial score (nSPS) is 23.4. The van der Waals surface area contributed by atoms with Gasteiger partial charge < -0.3 is 10.1 Å². The number of hydrogen-bond acceptors (Lipinski definition) is 5. The summed E-state index contributed by atoms with van der Waals surface area (Å²) >= 11 is 0. The van der Waals surface area contributed by atoms with E-state index in [0.717, 1.165) is 28.9 Å². The molecule has 0 unspecified atom stereocenters. The van der Waals surface area contributed by atoms with Crippen LogP contribution in [0.4, 0.5) is 5.69 Å². The summed E-state index contributed by atoms with van der Waals surface area (Å²) in [5.74, 6) is -2.46. The largest absolute Gasteiger partial charge is 0.451 e. The van der Waals surface area contributed by atoms with Crippen molar-refractivity contribution >= 4 is 29.4 Å². The maximum atomic E-state index is 12.6. The number of anilines is 1. The second-order valence-electron chi connectivity index (χ2n) is 8.11. The van der Waals surface area contributed by atoms with Gasteiger partial charge in [0.1, 0.15) is 6.04 Å². The molecule has 156 valence electrons. The van der Waals surface area contributed by atoms with E-state index in [4.69, 9.17) is 4.74 Å². The van der Waals surface area contributed by atoms with Crippen molar-refractivity contribution in [3.05, 3.63) is 29.3 Å². The molecule has 0 aromatic heterocycles. The zero-order chi connectivity index (χ0) is 21.3. The number of benzene rings is 1. The van der Waals surface area contributed by atoms with E-state index in [1.807, 2.05) is 32.0 Å². The molecule has 1 saturated carbocycles. The SMILES string of the molecule is Cc1ccc(C)c(NC(=O)[C@@H](C)OC(=O)[C@H](C)N2C(=O)[C@H]3CCCC[C@H]3C2=O)c1. The molecule has 7 heteroatoms. The summed E-state index contributed by atoms with van der Waals surface area (Å²) in [6.07, 6.45) is 2.15. The summed E-state index contributed by atoms with van der Waals surface area (Å²) in [7, 11) is 0. The molecule has 1 aromatic rings. The molecule has 2 fully saturated rings. The molecule has 4 atom stereocenters. The number of imide groups is 1. The fourth-order valence-electron chi connectivity index (χ4n) is 4.11. The van der Waals surface area contributed by atoms with Crippen LogP contribution in [-0.4, -0.2) is 40.7 Å². The monoisotopic (exact) mass is 400 g/mol. The van der Waals surface area contributed by atoms with Gasteiger partial charge in [0.15, 0.2) is 6.10 Å². The summed E-state index contributed by atoms with van der Waals surface area (Å²) in [6.45, 7) is 6.74. The maximum absolute atomic E-state index is 12.6. The molecule has 1 aliphatic heterocycles. The highest BCUT2D eigenvalue weighted by molar-refractivity contribution is 6.08. The lowest BCUT2D eigenvalue weighted by molar-refractivity contribution is -0.163. The standard InChI is InChI=1S/C22H28N2O5/c1-12-9-10-13(2)18(11-12)23-19(25)15(4)29-22(28)14(3)24-20(26)16-7-5-6-8-17(16)21(24)27/h9-11,14-17H,5-8H2,1-4H3,(H,23,25)/t14-,15+,16-,17+/m0/s1. The molecular formula is C22H28N2O5. The van der Waals surface area contributed by atoms with E-state index in [9.17, 15) is 19.2 Å². The van der Waals surface area contributed by atoms with E-state index >= 15 is 0 Å². The maximum Gasteiger partial charge on any atom is 0.329 e. The Bertz CT molecular complexity index is 826. The molecule has 2 aliphatic rings. The number of amides is 3. The van der Waals surface area contributed by atoms with E-state index in [0.29, 0.717) is 18.5 Å². The molecular weight excluding hydrogens is 372 g/mol. The van der Waals surface area contributed by atoms with Crippen LogP contribution in [-0.2, 0) is 23.9 Å². The van der Waals surface area contributed by atoms with Gasteiger partial charge in [0.25, 0.3) is 5.91 Å². The smallest absolute Gasteiger partial charge is 0.329 e. The highest BCUT2D eigenvalue weighted by Gasteiger charge is 2.51. The van der Waals surface area contributed by atoms with Crippen LogP contribution in [0.5, 0.6) is 0 Å². The number of ether oxygens (including phenoxy) is 1. The van der Waals surface area contributed by atoms with Crippen molar-refractivity contribution in [2.75, 3.05) is 5.32 Å². The lowest BCUT2D eigenvalue weighted by Gasteiger charge is -2.23. The molecule has 3 rings (SSSR count). The number of fused-ring (bicyclic) bond motifs is 1. The topological polar surface area (TPSA) is 92.8 Å². The van der Waals surface area contributed by atoms with Gasteiger partial charge in [-0.1, -0.05) is 25.0 Å². The Morgan fingerprint density at radius 3 is 2.24 bits per heavy atom. The fraction of sp³-hybridized carbons (Fsp3) is 0.545. The first kappa shape index (κ1) is 21.0. The quantitative estimate of drug-likeness (QED) is 0.606. The van der Waals surface area contributed by atoms with Crippen LogP contribution in [0.25, 0.3) is 0 Å². The van der Waals surface area contributed by atoms with E-state index in [2.05, 4.69) is 5.32 Å². The summed E-state index contributed by atoms with van der Waals surface area (Å²) in [5, 5.41) is 2.76. The minimum absolute atomic E-state index is 0.295. The number of carbonyl (C=O) groups is 4. The van der Waals surface area contributed by atoms with E-state index in [1.54, 1.807) is 0 Å². The van der Waals surface area contributed by atoms with Gasteiger partial charge >= 0.3 is 5.97 Å². The van der Waals surface area contributed by atoms with Crippen LogP contribution in [0.1, 0.15) is 50.7 Å². The third kappa shape index (κ3) is 4.18. The molecule has 29 heavy (non-hydrogen) atoms. The van der Waals surface area contributed by atoms with E-state index < -0.39 is 24.0 Å². The Balaban J connectivity index is 1.63. The minimum Gasteiger partial charge on any atom is -0.451 e. The summed E-state index contributed by atoms with van der Waals surface area (Å²) in [4.78, 5) is 51.3. The van der Waals surface area contributed by atoms with Crippen molar-refractivity contribution in [2.24, 2.45) is 11.8 Å². The van der Waals surface area contributed by atoms with Crippen molar-refractivity contribution in [3.8, 4) is 0 Å². The van der Waals surface area contributed by atoms with Gasteiger partial charge in [-0.15, -0.1) is 0 Å². The van der Waals surface area contributed by atoms with Crippen LogP contribution in [0, 0.1) is 25.7 Å². The highest BCUT2D eigenvalue weighted by Crippen LogP contribution is 2.39. The highest BCUT2D eigenvalue weighted by atomic mass is 16.5. The van der Waals surface area contributed by atoms with Crippen molar-refractivity contribution < 1.29 is 23.9 Å². The first-order valence-electron chi connectivity index (χ1n) is 10.2. The Morgan fingerprint density at radius 2 is 1.66 bits per heavy atom. The third-order valence-corrected chi connectivity index (χ3v) is 5.92. The second-order valence-corrected chi connectivity index (χ2v) is 8.11. The Hall–Kier alpha value is -2.70. The molecule has 1 aliphatic carbocycles. The van der Waals surface area contributed by atoms with Gasteiger partial charge in [-0.25, -0.2) is 4.79 Å². The van der Waals surface area contributed by atoms with Crippen molar-refractivity contribution in [3.63, 3.8) is 0 Å². The Kier molecular flexibility index (Phi) is 6.05. The first-order valence-corrected chi connectivity index (χ1v) is 10.2. The minimum atomic E-state index is -1.06. The molecule has 1 heterocycles. The number of esters is 1. The van der Waals surface area contributed by atoms with Gasteiger partial charge in [0.05, 0.1) is 11.8 Å². The third-order valence-electron chi connectivity index (χ3n) is 5.92. The summed E-state index contributed by atoms with van der Waals surface area (Å²) in [6, 6.07) is 4.63. The zero-order valence-corrected chi connectivity index (χ0v) is 17.4. The Labute approximate surface area is 170 Å². The van der Waals surface area contributed by atoms with Crippen molar-refractivity contribution in [1.82, 2.24) is 4.90 Å². The number of nitrogens with zero attached hydrogens (tertiary/aromatic N) is 1. The van der Waals surface area contributed by atoms with Gasteiger partial charge in [-0.2, -0.15) is 0 Å². The molecule has 0 radical (unpaired) electrons. The van der Waals surface area contributed by atoms with Crippen LogP contribution >= 0.6 is 0 Å².